The van der Waals surface area contributed by atoms with Crippen molar-refractivity contribution in [1.82, 2.24) is 14.8 Å². The van der Waals surface area contributed by atoms with Gasteiger partial charge in [0, 0.05) is 47.8 Å². The molecule has 2 heterocycles. The summed E-state index contributed by atoms with van der Waals surface area (Å²) >= 11 is 0. The molecule has 0 aliphatic carbocycles. The number of carbonyl (C=O) groups is 1. The lowest BCUT2D eigenvalue weighted by atomic mass is 9.85. The van der Waals surface area contributed by atoms with Gasteiger partial charge in [0.2, 0.25) is 0 Å². The minimum atomic E-state index is -0.924. The monoisotopic (exact) mass is 531 g/mol. The maximum Gasteiger partial charge on any atom is 0.307 e. The molecule has 1 aliphatic heterocycles. The summed E-state index contributed by atoms with van der Waals surface area (Å²) in [7, 11) is 1.90. The van der Waals surface area contributed by atoms with Crippen molar-refractivity contribution in [2.45, 2.75) is 45.7 Å². The summed E-state index contributed by atoms with van der Waals surface area (Å²) in [5.41, 5.74) is 3.44. The molecule has 0 bridgehead atoms. The Hall–Kier alpha value is -3.04. The molecule has 2 N–H and O–H groups in total. The zero-order valence-electron chi connectivity index (χ0n) is 22.4. The summed E-state index contributed by atoms with van der Waals surface area (Å²) in [6.07, 6.45) is 1.03. The second kappa shape index (κ2) is 11.8. The third-order valence-electron chi connectivity index (χ3n) is 7.57. The highest BCUT2D eigenvalue weighted by Crippen LogP contribution is 2.44. The van der Waals surface area contributed by atoms with Crippen molar-refractivity contribution < 1.29 is 27.8 Å². The Kier molecular flexibility index (Phi) is 8.67. The Morgan fingerprint density at radius 3 is 2.74 bits per heavy atom. The van der Waals surface area contributed by atoms with Gasteiger partial charge in [-0.05, 0) is 75.2 Å². The number of aliphatic carboxylic acids is 1. The van der Waals surface area contributed by atoms with Crippen LogP contribution in [0, 0.1) is 24.5 Å². The maximum absolute atomic E-state index is 15.7. The number of nitrogens with one attached hydrogen (secondary N) is 1. The number of likely N-dealkylation sites (N-methyl/N-ethyl adjacent to an activating group) is 1. The molecule has 206 valence electrons. The molecular weight excluding hydrogens is 495 g/mol. The van der Waals surface area contributed by atoms with E-state index in [1.54, 1.807) is 26.0 Å². The first-order valence-electron chi connectivity index (χ1n) is 13.1. The number of H-pyrrole nitrogens is 1. The number of hydrogen-bond acceptors (Lipinski definition) is 4. The van der Waals surface area contributed by atoms with E-state index in [0.29, 0.717) is 49.4 Å². The summed E-state index contributed by atoms with van der Waals surface area (Å²) in [5, 5.41) is 10.4. The molecule has 0 saturated carbocycles. The van der Waals surface area contributed by atoms with E-state index in [2.05, 4.69) is 4.98 Å². The van der Waals surface area contributed by atoms with Crippen molar-refractivity contribution in [2.75, 3.05) is 40.0 Å². The van der Waals surface area contributed by atoms with Crippen molar-refractivity contribution >= 4 is 16.9 Å². The molecule has 9 heteroatoms. The molecule has 6 nitrogen and oxygen atoms in total. The number of rotatable bonds is 11. The molecule has 2 aromatic carbocycles. The van der Waals surface area contributed by atoms with Crippen LogP contribution in [-0.2, 0) is 11.2 Å². The number of nitrogens with zero attached hydrogens (tertiary/aromatic N) is 2. The third kappa shape index (κ3) is 5.68. The Morgan fingerprint density at radius 2 is 2.03 bits per heavy atom. The smallest absolute Gasteiger partial charge is 0.307 e. The largest absolute Gasteiger partial charge is 0.492 e. The van der Waals surface area contributed by atoms with E-state index in [4.69, 9.17) is 4.74 Å². The fourth-order valence-electron chi connectivity index (χ4n) is 5.44. The molecule has 3 aromatic rings. The van der Waals surface area contributed by atoms with Crippen LogP contribution in [0.3, 0.4) is 0 Å². The Morgan fingerprint density at radius 1 is 1.26 bits per heavy atom. The van der Waals surface area contributed by atoms with Gasteiger partial charge in [0.1, 0.15) is 24.0 Å². The fourth-order valence-corrected chi connectivity index (χ4v) is 5.44. The first kappa shape index (κ1) is 28.0. The van der Waals surface area contributed by atoms with E-state index >= 15 is 4.39 Å². The van der Waals surface area contributed by atoms with Gasteiger partial charge in [-0.3, -0.25) is 14.1 Å². The van der Waals surface area contributed by atoms with Gasteiger partial charge in [-0.25, -0.2) is 8.78 Å². The second-order valence-electron chi connectivity index (χ2n) is 10.4. The van der Waals surface area contributed by atoms with Crippen LogP contribution < -0.4 is 4.74 Å². The zero-order valence-corrected chi connectivity index (χ0v) is 22.4. The van der Waals surface area contributed by atoms with Crippen molar-refractivity contribution in [2.24, 2.45) is 5.92 Å². The minimum absolute atomic E-state index is 0.121. The van der Waals surface area contributed by atoms with Gasteiger partial charge in [0.05, 0.1) is 18.6 Å². The Bertz CT molecular complexity index is 1300. The normalized spacial score (nSPS) is 18.6. The number of aromatic nitrogens is 1. The van der Waals surface area contributed by atoms with E-state index in [1.165, 1.54) is 18.2 Å². The zero-order chi connectivity index (χ0) is 27.6. The molecule has 1 aromatic heterocycles. The Balaban J connectivity index is 1.76. The highest BCUT2D eigenvalue weighted by Gasteiger charge is 2.39. The summed E-state index contributed by atoms with van der Waals surface area (Å²) in [4.78, 5) is 19.2. The molecule has 1 unspecified atom stereocenters. The van der Waals surface area contributed by atoms with Crippen LogP contribution in [0.15, 0.2) is 30.3 Å². The minimum Gasteiger partial charge on any atom is -0.492 e. The van der Waals surface area contributed by atoms with Crippen LogP contribution in [0.1, 0.15) is 48.7 Å². The van der Waals surface area contributed by atoms with E-state index in [1.807, 2.05) is 23.8 Å². The Labute approximate surface area is 221 Å². The van der Waals surface area contributed by atoms with Crippen molar-refractivity contribution in [3.63, 3.8) is 0 Å². The van der Waals surface area contributed by atoms with Gasteiger partial charge in [0.25, 0.3) is 0 Å². The van der Waals surface area contributed by atoms with Gasteiger partial charge in [-0.15, -0.1) is 0 Å². The summed E-state index contributed by atoms with van der Waals surface area (Å²) < 4.78 is 48.4. The number of carboxylic acid groups (broad SMARTS) is 1. The number of alkyl halides is 1. The van der Waals surface area contributed by atoms with Crippen LogP contribution in [-0.4, -0.2) is 71.9 Å². The third-order valence-corrected chi connectivity index (χ3v) is 7.57. The molecule has 1 aliphatic rings. The fraction of sp³-hybridized carbons (Fsp3) is 0.483. The van der Waals surface area contributed by atoms with Crippen LogP contribution in [0.5, 0.6) is 5.75 Å². The molecule has 3 atom stereocenters. The van der Waals surface area contributed by atoms with Crippen LogP contribution >= 0.6 is 0 Å². The van der Waals surface area contributed by atoms with Crippen LogP contribution in [0.2, 0.25) is 0 Å². The quantitative estimate of drug-likeness (QED) is 0.343. The average molecular weight is 532 g/mol. The average Bonchev–Trinajstić information content (AvgIpc) is 3.22. The van der Waals surface area contributed by atoms with E-state index in [0.717, 1.165) is 22.2 Å². The highest BCUT2D eigenvalue weighted by atomic mass is 19.1. The standard InChI is InChI=1S/C29H36F3N3O3/c1-17(29(36)37)16-35-18(2)14-22-21-15-20(31)6-8-24(21)33-27(22)28(35)26-19(3)25(9-7-23(26)32)38-13-12-34(4)11-5-10-30/h6-9,15,17-18,28,33H,5,10-14,16H2,1-4H3,(H,36,37)/t17?,18-,28-/m1/s1. The molecule has 38 heavy (non-hydrogen) atoms. The molecule has 0 amide bonds. The lowest BCUT2D eigenvalue weighted by Gasteiger charge is -2.42. The molecule has 0 saturated heterocycles. The van der Waals surface area contributed by atoms with E-state index in [9.17, 15) is 18.7 Å². The van der Waals surface area contributed by atoms with E-state index < -0.39 is 23.7 Å². The number of ether oxygens (including phenoxy) is 1. The van der Waals surface area contributed by atoms with Gasteiger partial charge in [0.15, 0.2) is 0 Å². The number of carboxylic acids is 1. The van der Waals surface area contributed by atoms with Crippen molar-refractivity contribution in [3.05, 3.63) is 64.4 Å². The van der Waals surface area contributed by atoms with Crippen LogP contribution in [0.4, 0.5) is 13.2 Å². The molecular formula is C29H36F3N3O3. The van der Waals surface area contributed by atoms with Gasteiger partial charge in [-0.1, -0.05) is 6.92 Å². The first-order chi connectivity index (χ1) is 18.1. The number of halogens is 3. The SMILES string of the molecule is Cc1c(OCCN(C)CCCF)ccc(F)c1[C@@H]1c2[nH]c3ccc(F)cc3c2C[C@@H](C)N1CC(C)C(=O)O. The van der Waals surface area contributed by atoms with Crippen molar-refractivity contribution in [1.29, 1.82) is 0 Å². The summed E-state index contributed by atoms with van der Waals surface area (Å²) in [6, 6.07) is 6.81. The lowest BCUT2D eigenvalue weighted by Crippen LogP contribution is -2.46. The molecule has 0 radical (unpaired) electrons. The number of hydrogen-bond donors (Lipinski definition) is 2. The number of benzene rings is 2. The number of fused-ring (bicyclic) bond motifs is 3. The highest BCUT2D eigenvalue weighted by molar-refractivity contribution is 5.85. The number of aromatic amines is 1. The summed E-state index contributed by atoms with van der Waals surface area (Å²) in [6.45, 7) is 6.85. The predicted octanol–water partition coefficient (Wildman–Crippen LogP) is 5.48. The lowest BCUT2D eigenvalue weighted by molar-refractivity contribution is -0.142. The van der Waals surface area contributed by atoms with Gasteiger partial charge in [-0.2, -0.15) is 0 Å². The topological polar surface area (TPSA) is 68.8 Å². The molecule has 4 rings (SSSR count). The van der Waals surface area contributed by atoms with Gasteiger partial charge < -0.3 is 19.7 Å². The van der Waals surface area contributed by atoms with Crippen LogP contribution in [0.25, 0.3) is 10.9 Å². The maximum atomic E-state index is 15.7. The second-order valence-corrected chi connectivity index (χ2v) is 10.4. The molecule has 0 fully saturated rings. The van der Waals surface area contributed by atoms with Crippen molar-refractivity contribution in [3.8, 4) is 5.75 Å². The predicted molar refractivity (Wildman–Crippen MR) is 141 cm³/mol. The van der Waals surface area contributed by atoms with Gasteiger partial charge >= 0.3 is 5.97 Å². The molecule has 0 spiro atoms. The van der Waals surface area contributed by atoms with E-state index in [-0.39, 0.29) is 25.1 Å². The summed E-state index contributed by atoms with van der Waals surface area (Å²) in [5.74, 6) is -1.83. The first-order valence-corrected chi connectivity index (χ1v) is 13.1.